The number of nitrogens with one attached hydrogen (secondary N) is 1. The van der Waals surface area contributed by atoms with Crippen LogP contribution >= 0.6 is 46.6 Å². The summed E-state index contributed by atoms with van der Waals surface area (Å²) in [6.07, 6.45) is 2.58. The van der Waals surface area contributed by atoms with Crippen molar-refractivity contribution in [2.24, 2.45) is 5.92 Å². The van der Waals surface area contributed by atoms with E-state index in [1.54, 1.807) is 0 Å². The minimum absolute atomic E-state index is 0. The Morgan fingerprint density at radius 1 is 1.32 bits per heavy atom. The second-order valence-corrected chi connectivity index (χ2v) is 7.50. The molecule has 0 aliphatic heterocycles. The van der Waals surface area contributed by atoms with Crippen LogP contribution in [0.2, 0.25) is 5.02 Å². The second kappa shape index (κ2) is 6.97. The Hall–Kier alpha value is 0.490. The minimum Gasteiger partial charge on any atom is -0.316 e. The Morgan fingerprint density at radius 3 is 2.21 bits per heavy atom. The molecule has 0 heterocycles. The number of halogens is 3. The highest BCUT2D eigenvalue weighted by Gasteiger charge is 2.52. The lowest BCUT2D eigenvalue weighted by atomic mass is 9.58. The first-order valence-corrected chi connectivity index (χ1v) is 8.22. The fourth-order valence-electron chi connectivity index (χ4n) is 3.37. The molecule has 0 aromatic heterocycles. The summed E-state index contributed by atoms with van der Waals surface area (Å²) in [4.78, 5) is 0. The van der Waals surface area contributed by atoms with Crippen LogP contribution in [0.25, 0.3) is 0 Å². The number of hydrogen-bond acceptors (Lipinski definition) is 1. The zero-order chi connectivity index (χ0) is 13.3. The average Bonchev–Trinajstić information content (AvgIpc) is 2.34. The molecule has 1 saturated carbocycles. The predicted octanol–water partition coefficient (Wildman–Crippen LogP) is 4.84. The molecule has 108 valence electrons. The molecule has 3 unspecified atom stereocenters. The lowest BCUT2D eigenvalue weighted by Crippen LogP contribution is -2.60. The number of benzene rings is 1. The molecule has 1 aromatic carbocycles. The van der Waals surface area contributed by atoms with Crippen LogP contribution in [0.3, 0.4) is 0 Å². The van der Waals surface area contributed by atoms with Gasteiger partial charge in [-0.25, -0.2) is 0 Å². The van der Waals surface area contributed by atoms with Crippen LogP contribution in [0.5, 0.6) is 0 Å². The van der Waals surface area contributed by atoms with Gasteiger partial charge in [0.15, 0.2) is 0 Å². The smallest absolute Gasteiger partial charge is 0.0406 e. The molecule has 0 spiro atoms. The van der Waals surface area contributed by atoms with Crippen molar-refractivity contribution in [2.45, 2.75) is 42.1 Å². The quantitative estimate of drug-likeness (QED) is 0.550. The van der Waals surface area contributed by atoms with Crippen molar-refractivity contribution >= 4 is 46.6 Å². The van der Waals surface area contributed by atoms with Crippen molar-refractivity contribution in [3.63, 3.8) is 0 Å². The van der Waals surface area contributed by atoms with Crippen molar-refractivity contribution in [1.82, 2.24) is 5.32 Å². The van der Waals surface area contributed by atoms with Gasteiger partial charge in [0.25, 0.3) is 0 Å². The number of hydrogen-bond donors (Lipinski definition) is 1. The normalized spacial score (nSPS) is 27.6. The predicted molar refractivity (Wildman–Crippen MR) is 95.1 cm³/mol. The van der Waals surface area contributed by atoms with Crippen molar-refractivity contribution in [2.75, 3.05) is 7.05 Å². The summed E-state index contributed by atoms with van der Waals surface area (Å²) in [6.45, 7) is 4.61. The van der Waals surface area contributed by atoms with Gasteiger partial charge < -0.3 is 5.32 Å². The maximum absolute atomic E-state index is 6.02. The van der Waals surface area contributed by atoms with Crippen molar-refractivity contribution in [3.8, 4) is 0 Å². The Morgan fingerprint density at radius 2 is 1.89 bits per heavy atom. The third kappa shape index (κ3) is 3.07. The summed E-state index contributed by atoms with van der Waals surface area (Å²) in [7, 11) is 2.09. The van der Waals surface area contributed by atoms with Crippen LogP contribution in [-0.4, -0.2) is 17.0 Å². The molecular formula is C15H22Cl2IN. The van der Waals surface area contributed by atoms with Gasteiger partial charge in [-0.1, -0.05) is 60.2 Å². The molecule has 2 rings (SSSR count). The summed E-state index contributed by atoms with van der Waals surface area (Å²) in [5.41, 5.74) is 1.71. The van der Waals surface area contributed by atoms with Crippen LogP contribution in [-0.2, 0) is 5.41 Å². The molecule has 0 bridgehead atoms. The van der Waals surface area contributed by atoms with E-state index in [1.165, 1.54) is 18.4 Å². The van der Waals surface area contributed by atoms with Crippen LogP contribution in [0, 0.1) is 5.92 Å². The van der Waals surface area contributed by atoms with E-state index >= 15 is 0 Å². The lowest BCUT2D eigenvalue weighted by Gasteiger charge is -2.54. The average molecular weight is 414 g/mol. The maximum Gasteiger partial charge on any atom is 0.0406 e. The number of rotatable bonds is 4. The first kappa shape index (κ1) is 17.5. The van der Waals surface area contributed by atoms with Crippen molar-refractivity contribution < 1.29 is 0 Å². The zero-order valence-corrected chi connectivity index (χ0v) is 15.3. The van der Waals surface area contributed by atoms with Gasteiger partial charge in [-0.3, -0.25) is 0 Å². The van der Waals surface area contributed by atoms with E-state index in [2.05, 4.69) is 60.9 Å². The van der Waals surface area contributed by atoms with E-state index in [0.717, 1.165) is 5.02 Å². The molecule has 19 heavy (non-hydrogen) atoms. The Kier molecular flexibility index (Phi) is 6.43. The number of likely N-dealkylation sites (N-methyl/N-ethyl adjacent to an activating group) is 1. The first-order chi connectivity index (χ1) is 8.52. The summed E-state index contributed by atoms with van der Waals surface area (Å²) in [5.74, 6) is 0.628. The van der Waals surface area contributed by atoms with Crippen molar-refractivity contribution in [1.29, 1.82) is 0 Å². The second-order valence-electron chi connectivity index (χ2n) is 5.56. The Labute approximate surface area is 141 Å². The van der Waals surface area contributed by atoms with Crippen LogP contribution in [0.4, 0.5) is 0 Å². The van der Waals surface area contributed by atoms with Crippen LogP contribution < -0.4 is 5.32 Å². The van der Waals surface area contributed by atoms with E-state index in [1.807, 2.05) is 12.1 Å². The first-order valence-electron chi connectivity index (χ1n) is 6.59. The Bertz CT molecular complexity index is 407. The van der Waals surface area contributed by atoms with E-state index in [9.17, 15) is 0 Å². The third-order valence-electron chi connectivity index (χ3n) is 4.28. The molecular weight excluding hydrogens is 392 g/mol. The van der Waals surface area contributed by atoms with E-state index in [-0.39, 0.29) is 17.8 Å². The highest BCUT2D eigenvalue weighted by molar-refractivity contribution is 14.1. The zero-order valence-electron chi connectivity index (χ0n) is 11.6. The third-order valence-corrected chi connectivity index (χ3v) is 6.27. The van der Waals surface area contributed by atoms with E-state index in [4.69, 9.17) is 11.6 Å². The largest absolute Gasteiger partial charge is 0.316 e. The van der Waals surface area contributed by atoms with Gasteiger partial charge >= 0.3 is 0 Å². The molecule has 1 N–H and O–H groups in total. The molecule has 1 aliphatic rings. The van der Waals surface area contributed by atoms with Gasteiger partial charge in [-0.2, -0.15) is 0 Å². The summed E-state index contributed by atoms with van der Waals surface area (Å²) in [6, 6.07) is 8.98. The molecule has 1 aromatic rings. The number of alkyl halides is 1. The molecule has 0 radical (unpaired) electrons. The van der Waals surface area contributed by atoms with E-state index in [0.29, 0.717) is 15.9 Å². The minimum atomic E-state index is 0. The van der Waals surface area contributed by atoms with Gasteiger partial charge in [0.05, 0.1) is 0 Å². The van der Waals surface area contributed by atoms with Crippen molar-refractivity contribution in [3.05, 3.63) is 34.9 Å². The van der Waals surface area contributed by atoms with E-state index < -0.39 is 0 Å². The molecule has 3 atom stereocenters. The maximum atomic E-state index is 6.02. The highest BCUT2D eigenvalue weighted by Crippen LogP contribution is 2.52. The van der Waals surface area contributed by atoms with Gasteiger partial charge in [0.1, 0.15) is 0 Å². The monoisotopic (exact) mass is 413 g/mol. The Balaban J connectivity index is 0.00000180. The topological polar surface area (TPSA) is 12.0 Å². The standard InChI is InChI=1S/C15H21ClIN.ClH/c1-10(2)14(18-3)15(9-8-13(15)17)11-4-6-12(16)7-5-11;/h4-7,10,13-14,18H,8-9H2,1-3H3;1H. The molecule has 1 aliphatic carbocycles. The van der Waals surface area contributed by atoms with Crippen LogP contribution in [0.15, 0.2) is 24.3 Å². The molecule has 0 amide bonds. The van der Waals surface area contributed by atoms with Gasteiger partial charge in [-0.05, 0) is 43.5 Å². The summed E-state index contributed by atoms with van der Waals surface area (Å²) >= 11 is 8.64. The molecule has 0 saturated heterocycles. The van der Waals surface area contributed by atoms with Gasteiger partial charge in [0, 0.05) is 20.4 Å². The summed E-state index contributed by atoms with van der Waals surface area (Å²) < 4.78 is 0.705. The molecule has 1 fully saturated rings. The molecule has 4 heteroatoms. The summed E-state index contributed by atoms with van der Waals surface area (Å²) in [5, 5.41) is 4.37. The fraction of sp³-hybridized carbons (Fsp3) is 0.600. The SMILES string of the molecule is CNC(C(C)C)C1(c2ccc(Cl)cc2)CCC1I.Cl. The molecule has 1 nitrogen and oxygen atoms in total. The van der Waals surface area contributed by atoms with Crippen LogP contribution in [0.1, 0.15) is 32.3 Å². The fourth-order valence-corrected chi connectivity index (χ4v) is 4.86. The van der Waals surface area contributed by atoms with Gasteiger partial charge in [0.2, 0.25) is 0 Å². The lowest BCUT2D eigenvalue weighted by molar-refractivity contribution is 0.160. The highest BCUT2D eigenvalue weighted by atomic mass is 127. The van der Waals surface area contributed by atoms with Gasteiger partial charge in [-0.15, -0.1) is 12.4 Å².